The SMILES string of the molecule is CCOC(=O)CN1C(=O)[C@@H](N[C@@H](CCc2ccccc2)C(=O)OC(C)(C)C)CCc2ccccc21.O=C(O)C(=O)O.O=C(O)C(=O)O. The summed E-state index contributed by atoms with van der Waals surface area (Å²) in [6.07, 6.45) is 2.28. The molecule has 0 aliphatic carbocycles. The number of aliphatic carboxylic acids is 4. The van der Waals surface area contributed by atoms with Crippen molar-refractivity contribution in [3.05, 3.63) is 65.7 Å². The van der Waals surface area contributed by atoms with E-state index in [1.54, 1.807) is 6.92 Å². The summed E-state index contributed by atoms with van der Waals surface area (Å²) in [5.74, 6) is -8.41. The van der Waals surface area contributed by atoms with Crippen LogP contribution in [0.2, 0.25) is 0 Å². The zero-order valence-electron chi connectivity index (χ0n) is 26.5. The molecule has 1 aliphatic heterocycles. The molecule has 5 N–H and O–H groups in total. The molecule has 0 saturated heterocycles. The third-order valence-corrected chi connectivity index (χ3v) is 6.17. The molecular formula is C32H40N2O13. The molecule has 1 aliphatic rings. The highest BCUT2D eigenvalue weighted by Crippen LogP contribution is 2.27. The van der Waals surface area contributed by atoms with E-state index in [9.17, 15) is 14.4 Å². The quantitative estimate of drug-likeness (QED) is 0.192. The number of hydrogen-bond acceptors (Lipinski definition) is 10. The number of rotatable bonds is 9. The topological polar surface area (TPSA) is 234 Å². The minimum Gasteiger partial charge on any atom is -0.473 e. The van der Waals surface area contributed by atoms with Gasteiger partial charge in [-0.25, -0.2) is 19.2 Å². The number of fused-ring (bicyclic) bond motifs is 1. The predicted octanol–water partition coefficient (Wildman–Crippen LogP) is 2.14. The van der Waals surface area contributed by atoms with Crippen LogP contribution in [0, 0.1) is 0 Å². The molecule has 15 heteroatoms. The largest absolute Gasteiger partial charge is 0.473 e. The van der Waals surface area contributed by atoms with Gasteiger partial charge in [-0.05, 0) is 70.6 Å². The molecule has 0 fully saturated rings. The maximum Gasteiger partial charge on any atom is 0.414 e. The number of esters is 2. The molecular weight excluding hydrogens is 620 g/mol. The van der Waals surface area contributed by atoms with Crippen LogP contribution in [-0.4, -0.2) is 93.0 Å². The zero-order chi connectivity index (χ0) is 35.7. The van der Waals surface area contributed by atoms with Crippen molar-refractivity contribution in [2.24, 2.45) is 0 Å². The lowest BCUT2D eigenvalue weighted by Gasteiger charge is -2.29. The minimum atomic E-state index is -1.82. The van der Waals surface area contributed by atoms with Gasteiger partial charge in [0, 0.05) is 5.69 Å². The summed E-state index contributed by atoms with van der Waals surface area (Å²) in [7, 11) is 0. The number of carboxylic acid groups (broad SMARTS) is 4. The Bertz CT molecular complexity index is 1360. The number of nitrogens with zero attached hydrogens (tertiary/aromatic N) is 1. The van der Waals surface area contributed by atoms with Crippen LogP contribution in [0.15, 0.2) is 54.6 Å². The van der Waals surface area contributed by atoms with Gasteiger partial charge in [-0.15, -0.1) is 0 Å². The molecule has 47 heavy (non-hydrogen) atoms. The number of benzene rings is 2. The summed E-state index contributed by atoms with van der Waals surface area (Å²) in [5.41, 5.74) is 2.13. The van der Waals surface area contributed by atoms with Gasteiger partial charge in [-0.1, -0.05) is 48.5 Å². The van der Waals surface area contributed by atoms with Crippen LogP contribution in [0.3, 0.4) is 0 Å². The average molecular weight is 661 g/mol. The maximum atomic E-state index is 13.7. The number of aryl methyl sites for hydroxylation is 2. The van der Waals surface area contributed by atoms with Gasteiger partial charge in [0.1, 0.15) is 18.2 Å². The first kappa shape index (κ1) is 39.7. The second-order valence-electron chi connectivity index (χ2n) is 10.9. The Morgan fingerprint density at radius 3 is 1.91 bits per heavy atom. The third-order valence-electron chi connectivity index (χ3n) is 6.17. The third kappa shape index (κ3) is 15.0. The Morgan fingerprint density at radius 1 is 0.872 bits per heavy atom. The Kier molecular flexibility index (Phi) is 16.3. The van der Waals surface area contributed by atoms with Crippen LogP contribution >= 0.6 is 0 Å². The van der Waals surface area contributed by atoms with Gasteiger partial charge in [0.25, 0.3) is 0 Å². The summed E-state index contributed by atoms with van der Waals surface area (Å²) in [6, 6.07) is 16.2. The summed E-state index contributed by atoms with van der Waals surface area (Å²) in [6.45, 7) is 7.28. The fraction of sp³-hybridized carbons (Fsp3) is 0.406. The van der Waals surface area contributed by atoms with Crippen LogP contribution in [0.25, 0.3) is 0 Å². The van der Waals surface area contributed by atoms with E-state index in [4.69, 9.17) is 49.1 Å². The summed E-state index contributed by atoms with van der Waals surface area (Å²) in [4.78, 5) is 77.0. The lowest BCUT2D eigenvalue weighted by molar-refractivity contribution is -0.159. The predicted molar refractivity (Wildman–Crippen MR) is 166 cm³/mol. The Morgan fingerprint density at radius 2 is 1.40 bits per heavy atom. The van der Waals surface area contributed by atoms with Crippen LogP contribution in [0.4, 0.5) is 5.69 Å². The minimum absolute atomic E-state index is 0.178. The normalized spacial score (nSPS) is 14.3. The molecule has 0 bridgehead atoms. The number of para-hydroxylation sites is 1. The van der Waals surface area contributed by atoms with Crippen molar-refractivity contribution in [2.75, 3.05) is 18.1 Å². The Balaban J connectivity index is 0.000000782. The molecule has 1 heterocycles. The monoisotopic (exact) mass is 660 g/mol. The number of anilines is 1. The van der Waals surface area contributed by atoms with Gasteiger partial charge >= 0.3 is 35.8 Å². The lowest BCUT2D eigenvalue weighted by Crippen LogP contribution is -2.53. The number of carbonyl (C=O) groups is 7. The number of ether oxygens (including phenoxy) is 2. The molecule has 0 unspecified atom stereocenters. The highest BCUT2D eigenvalue weighted by Gasteiger charge is 2.35. The van der Waals surface area contributed by atoms with E-state index >= 15 is 0 Å². The molecule has 0 saturated carbocycles. The molecule has 1 amide bonds. The van der Waals surface area contributed by atoms with Crippen molar-refractivity contribution in [1.29, 1.82) is 0 Å². The fourth-order valence-electron chi connectivity index (χ4n) is 4.21. The lowest BCUT2D eigenvalue weighted by atomic mass is 10.0. The maximum absolute atomic E-state index is 13.7. The number of carboxylic acids is 4. The van der Waals surface area contributed by atoms with Gasteiger partial charge in [-0.2, -0.15) is 0 Å². The van der Waals surface area contributed by atoms with Crippen molar-refractivity contribution in [3.63, 3.8) is 0 Å². The van der Waals surface area contributed by atoms with Gasteiger partial charge in [0.15, 0.2) is 0 Å². The molecule has 256 valence electrons. The zero-order valence-corrected chi connectivity index (χ0v) is 26.5. The summed E-state index contributed by atoms with van der Waals surface area (Å²) in [5, 5.41) is 32.9. The molecule has 2 atom stereocenters. The van der Waals surface area contributed by atoms with Crippen LogP contribution in [0.5, 0.6) is 0 Å². The van der Waals surface area contributed by atoms with E-state index in [0.29, 0.717) is 31.4 Å². The molecule has 0 radical (unpaired) electrons. The first-order valence-electron chi connectivity index (χ1n) is 14.5. The standard InChI is InChI=1S/C28H36N2O5.2C2H2O4/c1-5-34-25(31)19-30-24-14-10-9-13-21(24)16-18-22(26(30)32)29-23(27(33)35-28(2,3)4)17-15-20-11-7-6-8-12-20;2*3-1(4)2(5)6/h6-14,22-23,29H,5,15-19H2,1-4H3;2*(H,3,4)(H,5,6)/t22-,23-;;/m0../s1. The number of amides is 1. The van der Waals surface area contributed by atoms with Crippen LogP contribution < -0.4 is 10.2 Å². The Labute approximate surface area is 271 Å². The van der Waals surface area contributed by atoms with E-state index in [2.05, 4.69) is 5.32 Å². The molecule has 3 rings (SSSR count). The van der Waals surface area contributed by atoms with Crippen molar-refractivity contribution < 1.29 is 63.5 Å². The summed E-state index contributed by atoms with van der Waals surface area (Å²) >= 11 is 0. The second kappa shape index (κ2) is 19.3. The van der Waals surface area contributed by atoms with Crippen molar-refractivity contribution >= 4 is 47.4 Å². The van der Waals surface area contributed by atoms with E-state index in [-0.39, 0.29) is 25.0 Å². The van der Waals surface area contributed by atoms with Crippen molar-refractivity contribution in [2.45, 2.75) is 71.1 Å². The van der Waals surface area contributed by atoms with Gasteiger partial charge in [-0.3, -0.25) is 24.6 Å². The smallest absolute Gasteiger partial charge is 0.414 e. The molecule has 15 nitrogen and oxygen atoms in total. The highest BCUT2D eigenvalue weighted by atomic mass is 16.6. The van der Waals surface area contributed by atoms with Gasteiger partial charge < -0.3 is 29.9 Å². The fourth-order valence-corrected chi connectivity index (χ4v) is 4.21. The number of carbonyl (C=O) groups excluding carboxylic acids is 3. The molecule has 2 aromatic rings. The number of hydrogen-bond donors (Lipinski definition) is 5. The van der Waals surface area contributed by atoms with Gasteiger partial charge in [0.2, 0.25) is 5.91 Å². The first-order chi connectivity index (χ1) is 22.0. The second-order valence-corrected chi connectivity index (χ2v) is 10.9. The van der Waals surface area contributed by atoms with Crippen molar-refractivity contribution in [3.8, 4) is 0 Å². The molecule has 0 aromatic heterocycles. The highest BCUT2D eigenvalue weighted by molar-refractivity contribution is 6.27. The van der Waals surface area contributed by atoms with Crippen LogP contribution in [-0.2, 0) is 55.9 Å². The molecule has 2 aromatic carbocycles. The van der Waals surface area contributed by atoms with E-state index < -0.39 is 47.5 Å². The molecule has 0 spiro atoms. The van der Waals surface area contributed by atoms with Crippen molar-refractivity contribution in [1.82, 2.24) is 5.32 Å². The van der Waals surface area contributed by atoms with E-state index in [1.807, 2.05) is 75.4 Å². The average Bonchev–Trinajstić information content (AvgIpc) is 3.11. The first-order valence-corrected chi connectivity index (χ1v) is 14.5. The number of nitrogens with one attached hydrogen (secondary N) is 1. The van der Waals surface area contributed by atoms with E-state index in [1.165, 1.54) is 4.90 Å². The van der Waals surface area contributed by atoms with E-state index in [0.717, 1.165) is 11.1 Å². The summed E-state index contributed by atoms with van der Waals surface area (Å²) < 4.78 is 10.8. The van der Waals surface area contributed by atoms with Gasteiger partial charge in [0.05, 0.1) is 12.6 Å². The Hall–Kier alpha value is -5.31. The van der Waals surface area contributed by atoms with Crippen LogP contribution in [0.1, 0.15) is 51.7 Å².